The predicted octanol–water partition coefficient (Wildman–Crippen LogP) is 4.36. The van der Waals surface area contributed by atoms with Gasteiger partial charge in [-0.2, -0.15) is 0 Å². The molecule has 3 rings (SSSR count). The van der Waals surface area contributed by atoms with Crippen molar-refractivity contribution in [1.29, 1.82) is 0 Å². The summed E-state index contributed by atoms with van der Waals surface area (Å²) in [6.07, 6.45) is 1.59. The number of amides is 2. The molecule has 3 aromatic carbocycles. The van der Waals surface area contributed by atoms with Gasteiger partial charge in [-0.15, -0.1) is 0 Å². The van der Waals surface area contributed by atoms with Gasteiger partial charge in [0.2, 0.25) is 11.8 Å². The second-order valence-electron chi connectivity index (χ2n) is 6.92. The molecule has 0 bridgehead atoms. The Labute approximate surface area is 172 Å². The number of rotatable bonds is 9. The van der Waals surface area contributed by atoms with Crippen molar-refractivity contribution in [2.45, 2.75) is 25.8 Å². The third-order valence-electron chi connectivity index (χ3n) is 4.67. The van der Waals surface area contributed by atoms with Crippen LogP contribution in [0, 0.1) is 0 Å². The lowest BCUT2D eigenvalue weighted by molar-refractivity contribution is -0.128. The van der Waals surface area contributed by atoms with Crippen LogP contribution in [0.25, 0.3) is 0 Å². The average molecular weight is 386 g/mol. The summed E-state index contributed by atoms with van der Waals surface area (Å²) in [5.41, 5.74) is 3.06. The van der Waals surface area contributed by atoms with Crippen LogP contribution in [0.1, 0.15) is 24.0 Å². The van der Waals surface area contributed by atoms with Crippen molar-refractivity contribution in [3.05, 3.63) is 102 Å². The van der Waals surface area contributed by atoms with Crippen LogP contribution in [0.4, 0.5) is 5.69 Å². The quantitative estimate of drug-likeness (QED) is 0.439. The zero-order chi connectivity index (χ0) is 20.3. The molecule has 0 radical (unpaired) electrons. The van der Waals surface area contributed by atoms with Crippen LogP contribution in [0.3, 0.4) is 0 Å². The maximum atomic E-state index is 12.9. The fourth-order valence-electron chi connectivity index (χ4n) is 3.16. The van der Waals surface area contributed by atoms with E-state index in [2.05, 4.69) is 17.4 Å². The number of nitrogens with one attached hydrogen (secondary N) is 1. The molecule has 3 aromatic rings. The van der Waals surface area contributed by atoms with E-state index < -0.39 is 0 Å². The standard InChI is InChI=1S/C25H26N2O2/c28-24(26-18-10-15-21-11-4-1-5-12-21)19-25(29)27(23-16-8-3-9-17-23)20-22-13-6-2-7-14-22/h1-9,11-14,16-17H,10,15,18-20H2,(H,26,28). The van der Waals surface area contributed by atoms with Gasteiger partial charge in [0.05, 0.1) is 6.54 Å². The molecule has 0 saturated heterocycles. The second kappa shape index (κ2) is 10.8. The summed E-state index contributed by atoms with van der Waals surface area (Å²) in [4.78, 5) is 26.8. The van der Waals surface area contributed by atoms with Gasteiger partial charge in [0.25, 0.3) is 0 Å². The number of para-hydroxylation sites is 1. The third-order valence-corrected chi connectivity index (χ3v) is 4.67. The molecular formula is C25H26N2O2. The molecule has 29 heavy (non-hydrogen) atoms. The summed E-state index contributed by atoms with van der Waals surface area (Å²) in [6.45, 7) is 0.996. The number of carbonyl (C=O) groups excluding carboxylic acids is 2. The number of benzene rings is 3. The Morgan fingerprint density at radius 3 is 1.90 bits per heavy atom. The van der Waals surface area contributed by atoms with E-state index in [0.717, 1.165) is 24.1 Å². The molecule has 0 atom stereocenters. The molecule has 1 N–H and O–H groups in total. The summed E-state index contributed by atoms with van der Waals surface area (Å²) >= 11 is 0. The highest BCUT2D eigenvalue weighted by molar-refractivity contribution is 6.04. The number of carbonyl (C=O) groups is 2. The monoisotopic (exact) mass is 386 g/mol. The van der Waals surface area contributed by atoms with E-state index in [0.29, 0.717) is 13.1 Å². The van der Waals surface area contributed by atoms with E-state index in [1.807, 2.05) is 78.9 Å². The number of nitrogens with zero attached hydrogens (tertiary/aromatic N) is 1. The van der Waals surface area contributed by atoms with Gasteiger partial charge in [0.15, 0.2) is 0 Å². The minimum atomic E-state index is -0.239. The molecular weight excluding hydrogens is 360 g/mol. The molecule has 4 nitrogen and oxygen atoms in total. The molecule has 2 amide bonds. The van der Waals surface area contributed by atoms with Gasteiger partial charge in [-0.05, 0) is 36.1 Å². The summed E-state index contributed by atoms with van der Waals surface area (Å²) in [7, 11) is 0. The Bertz CT molecular complexity index is 896. The molecule has 0 heterocycles. The molecule has 0 aliphatic carbocycles. The van der Waals surface area contributed by atoms with Crippen LogP contribution >= 0.6 is 0 Å². The van der Waals surface area contributed by atoms with E-state index in [1.165, 1.54) is 5.56 Å². The van der Waals surface area contributed by atoms with Gasteiger partial charge < -0.3 is 10.2 Å². The van der Waals surface area contributed by atoms with E-state index in [4.69, 9.17) is 0 Å². The van der Waals surface area contributed by atoms with Crippen molar-refractivity contribution in [2.24, 2.45) is 0 Å². The smallest absolute Gasteiger partial charge is 0.236 e. The lowest BCUT2D eigenvalue weighted by Crippen LogP contribution is -2.35. The van der Waals surface area contributed by atoms with Crippen molar-refractivity contribution in [2.75, 3.05) is 11.4 Å². The number of aryl methyl sites for hydroxylation is 1. The summed E-state index contributed by atoms with van der Waals surface area (Å²) in [6, 6.07) is 29.4. The first-order valence-electron chi connectivity index (χ1n) is 9.92. The predicted molar refractivity (Wildman–Crippen MR) is 116 cm³/mol. The molecule has 4 heteroatoms. The summed E-state index contributed by atoms with van der Waals surface area (Å²) in [5.74, 6) is -0.447. The molecule has 0 unspecified atom stereocenters. The van der Waals surface area contributed by atoms with Crippen molar-refractivity contribution >= 4 is 17.5 Å². The second-order valence-corrected chi connectivity index (χ2v) is 6.92. The normalized spacial score (nSPS) is 10.3. The minimum absolute atomic E-state index is 0.160. The lowest BCUT2D eigenvalue weighted by Gasteiger charge is -2.23. The molecule has 148 valence electrons. The fraction of sp³-hybridized carbons (Fsp3) is 0.200. The molecule has 0 fully saturated rings. The van der Waals surface area contributed by atoms with Crippen molar-refractivity contribution < 1.29 is 9.59 Å². The van der Waals surface area contributed by atoms with Gasteiger partial charge in [-0.3, -0.25) is 9.59 Å². The molecule has 0 aromatic heterocycles. The molecule has 0 spiro atoms. The Hall–Kier alpha value is -3.40. The minimum Gasteiger partial charge on any atom is -0.356 e. The van der Waals surface area contributed by atoms with Gasteiger partial charge in [0, 0.05) is 12.2 Å². The van der Waals surface area contributed by atoms with E-state index >= 15 is 0 Å². The summed E-state index contributed by atoms with van der Waals surface area (Å²) < 4.78 is 0. The van der Waals surface area contributed by atoms with Crippen molar-refractivity contribution in [3.8, 4) is 0 Å². The first kappa shape index (κ1) is 20.3. The highest BCUT2D eigenvalue weighted by Gasteiger charge is 2.19. The first-order valence-corrected chi connectivity index (χ1v) is 9.92. The van der Waals surface area contributed by atoms with Gasteiger partial charge in [0.1, 0.15) is 6.42 Å². The highest BCUT2D eigenvalue weighted by Crippen LogP contribution is 2.18. The van der Waals surface area contributed by atoms with Crippen molar-refractivity contribution in [1.82, 2.24) is 5.32 Å². The maximum Gasteiger partial charge on any atom is 0.236 e. The van der Waals surface area contributed by atoms with Gasteiger partial charge in [-0.1, -0.05) is 78.9 Å². The van der Waals surface area contributed by atoms with Crippen LogP contribution in [0.15, 0.2) is 91.0 Å². The molecule has 0 saturated carbocycles. The third kappa shape index (κ3) is 6.61. The van der Waals surface area contributed by atoms with E-state index in [1.54, 1.807) is 4.90 Å². The molecule has 0 aliphatic heterocycles. The van der Waals surface area contributed by atoms with E-state index in [9.17, 15) is 9.59 Å². The number of anilines is 1. The number of hydrogen-bond acceptors (Lipinski definition) is 2. The fourth-order valence-corrected chi connectivity index (χ4v) is 3.16. The van der Waals surface area contributed by atoms with Gasteiger partial charge >= 0.3 is 0 Å². The first-order chi connectivity index (χ1) is 14.2. The summed E-state index contributed by atoms with van der Waals surface area (Å²) in [5, 5.41) is 2.87. The number of hydrogen-bond donors (Lipinski definition) is 1. The van der Waals surface area contributed by atoms with E-state index in [-0.39, 0.29) is 18.2 Å². The van der Waals surface area contributed by atoms with Crippen LogP contribution in [0.2, 0.25) is 0 Å². The Morgan fingerprint density at radius 1 is 0.724 bits per heavy atom. The van der Waals surface area contributed by atoms with Crippen LogP contribution < -0.4 is 10.2 Å². The topological polar surface area (TPSA) is 49.4 Å². The SMILES string of the molecule is O=C(CC(=O)N(Cc1ccccc1)c1ccccc1)NCCCc1ccccc1. The van der Waals surface area contributed by atoms with Crippen LogP contribution in [-0.2, 0) is 22.6 Å². The zero-order valence-corrected chi connectivity index (χ0v) is 16.5. The maximum absolute atomic E-state index is 12.9. The Morgan fingerprint density at radius 2 is 1.28 bits per heavy atom. The van der Waals surface area contributed by atoms with Crippen LogP contribution in [-0.4, -0.2) is 18.4 Å². The highest BCUT2D eigenvalue weighted by atomic mass is 16.2. The lowest BCUT2D eigenvalue weighted by atomic mass is 10.1. The molecule has 0 aliphatic rings. The van der Waals surface area contributed by atoms with Crippen molar-refractivity contribution in [3.63, 3.8) is 0 Å². The Balaban J connectivity index is 1.54. The largest absolute Gasteiger partial charge is 0.356 e. The zero-order valence-electron chi connectivity index (χ0n) is 16.5. The Kier molecular flexibility index (Phi) is 7.58. The average Bonchev–Trinajstić information content (AvgIpc) is 2.77. The van der Waals surface area contributed by atoms with Crippen LogP contribution in [0.5, 0.6) is 0 Å². The van der Waals surface area contributed by atoms with Gasteiger partial charge in [-0.25, -0.2) is 0 Å².